The van der Waals surface area contributed by atoms with E-state index in [4.69, 9.17) is 4.74 Å². The number of benzene rings is 1. The first-order chi connectivity index (χ1) is 15.6. The number of aliphatic hydroxyl groups excluding tert-OH is 1. The molecule has 8 nitrogen and oxygen atoms in total. The van der Waals surface area contributed by atoms with E-state index in [-0.39, 0.29) is 6.10 Å². The molecule has 2 saturated heterocycles. The molecule has 3 unspecified atom stereocenters. The first-order valence-corrected chi connectivity index (χ1v) is 11.7. The molecule has 2 aliphatic heterocycles. The lowest BCUT2D eigenvalue weighted by Gasteiger charge is -2.38. The van der Waals surface area contributed by atoms with E-state index in [9.17, 15) is 5.11 Å². The van der Waals surface area contributed by atoms with Crippen LogP contribution in [-0.2, 0) is 12.8 Å². The number of β-amino-alcohol motifs (C(OH)–C–C–N with tert-alkyl or cyclic N) is 1. The number of aryl methyl sites for hydroxylation is 1. The Balaban J connectivity index is 1.30. The Kier molecular flexibility index (Phi) is 4.80. The van der Waals surface area contributed by atoms with Crippen LogP contribution >= 0.6 is 0 Å². The summed E-state index contributed by atoms with van der Waals surface area (Å²) in [6, 6.07) is 6.95. The normalized spacial score (nSPS) is 28.4. The third-order valence-corrected chi connectivity index (χ3v) is 7.50. The molecule has 2 aromatic heterocycles. The van der Waals surface area contributed by atoms with Gasteiger partial charge in [0.2, 0.25) is 0 Å². The molecule has 2 N–H and O–H groups in total. The summed E-state index contributed by atoms with van der Waals surface area (Å²) in [4.78, 5) is 21.1. The van der Waals surface area contributed by atoms with E-state index in [0.29, 0.717) is 6.04 Å². The Bertz CT molecular complexity index is 1130. The molecule has 0 spiro atoms. The summed E-state index contributed by atoms with van der Waals surface area (Å²) >= 11 is 0. The maximum absolute atomic E-state index is 10.0. The molecule has 1 aliphatic carbocycles. The van der Waals surface area contributed by atoms with E-state index < -0.39 is 5.72 Å². The lowest BCUT2D eigenvalue weighted by molar-refractivity contribution is 0.0963. The summed E-state index contributed by atoms with van der Waals surface area (Å²) in [5.41, 5.74) is 3.75. The highest BCUT2D eigenvalue weighted by molar-refractivity contribution is 5.83. The summed E-state index contributed by atoms with van der Waals surface area (Å²) in [6.07, 6.45) is 9.11. The molecular weight excluding hydrogens is 404 g/mol. The Morgan fingerprint density at radius 1 is 1.19 bits per heavy atom. The van der Waals surface area contributed by atoms with Crippen LogP contribution in [-0.4, -0.2) is 67.4 Å². The second-order valence-electron chi connectivity index (χ2n) is 9.56. The number of nitrogens with one attached hydrogen (secondary N) is 1. The molecule has 32 heavy (non-hydrogen) atoms. The number of anilines is 1. The molecule has 2 fully saturated rings. The number of aromatic nitrogens is 4. The molecular formula is C24H30N6O2. The largest absolute Gasteiger partial charge is 0.468 e. The summed E-state index contributed by atoms with van der Waals surface area (Å²) in [7, 11) is 0. The minimum absolute atomic E-state index is 0.180. The average Bonchev–Trinajstić information content (AvgIpc) is 3.53. The Morgan fingerprint density at radius 2 is 2.12 bits per heavy atom. The number of nitrogens with zero attached hydrogens (tertiary/aromatic N) is 5. The maximum Gasteiger partial charge on any atom is 0.181 e. The number of rotatable bonds is 4. The zero-order chi connectivity index (χ0) is 21.7. The topological polar surface area (TPSA) is 90.4 Å². The van der Waals surface area contributed by atoms with Crippen LogP contribution in [0.5, 0.6) is 5.75 Å². The molecule has 0 bridgehead atoms. The highest BCUT2D eigenvalue weighted by Crippen LogP contribution is 2.40. The van der Waals surface area contributed by atoms with E-state index in [1.54, 1.807) is 12.7 Å². The Hall–Kier alpha value is -2.71. The summed E-state index contributed by atoms with van der Waals surface area (Å²) in [5, 5.41) is 10.0. The van der Waals surface area contributed by atoms with Crippen LogP contribution in [0.15, 0.2) is 30.9 Å². The van der Waals surface area contributed by atoms with Crippen molar-refractivity contribution in [3.8, 4) is 5.75 Å². The lowest BCUT2D eigenvalue weighted by Crippen LogP contribution is -2.47. The quantitative estimate of drug-likeness (QED) is 0.652. The summed E-state index contributed by atoms with van der Waals surface area (Å²) in [5.74, 6) is 1.80. The molecule has 168 valence electrons. The monoisotopic (exact) mass is 434 g/mol. The maximum atomic E-state index is 10.0. The van der Waals surface area contributed by atoms with Crippen LogP contribution in [0, 0.1) is 0 Å². The van der Waals surface area contributed by atoms with E-state index in [2.05, 4.69) is 54.9 Å². The number of imidazole rings is 1. The van der Waals surface area contributed by atoms with Gasteiger partial charge in [0.25, 0.3) is 0 Å². The van der Waals surface area contributed by atoms with Gasteiger partial charge in [0.1, 0.15) is 12.1 Å². The van der Waals surface area contributed by atoms with Crippen molar-refractivity contribution in [2.75, 3.05) is 24.5 Å². The first-order valence-electron chi connectivity index (χ1n) is 11.7. The minimum atomic E-state index is -0.494. The molecule has 8 heteroatoms. The van der Waals surface area contributed by atoms with Crippen molar-refractivity contribution in [1.82, 2.24) is 24.8 Å². The number of aromatic amines is 1. The summed E-state index contributed by atoms with van der Waals surface area (Å²) < 4.78 is 6.85. The van der Waals surface area contributed by atoms with Gasteiger partial charge in [0.15, 0.2) is 22.7 Å². The molecule has 3 atom stereocenters. The third kappa shape index (κ3) is 3.33. The molecule has 4 heterocycles. The van der Waals surface area contributed by atoms with Gasteiger partial charge in [-0.05, 0) is 56.2 Å². The fraction of sp³-hybridized carbons (Fsp3) is 0.542. The molecule has 0 radical (unpaired) electrons. The highest BCUT2D eigenvalue weighted by atomic mass is 16.5. The number of hydrogen-bond acceptors (Lipinski definition) is 7. The summed E-state index contributed by atoms with van der Waals surface area (Å²) in [6.45, 7) is 4.82. The van der Waals surface area contributed by atoms with Crippen molar-refractivity contribution in [3.63, 3.8) is 0 Å². The van der Waals surface area contributed by atoms with Gasteiger partial charge in [-0.25, -0.2) is 15.0 Å². The molecule has 3 aliphatic rings. The SMILES string of the molecule is CC1(Oc2cccc3c2CC(N2CCC(O)C2)CC3)CCCN1c1ncnc2[nH]cnc12. The Labute approximate surface area is 187 Å². The highest BCUT2D eigenvalue weighted by Gasteiger charge is 2.42. The van der Waals surface area contributed by atoms with Gasteiger partial charge >= 0.3 is 0 Å². The zero-order valence-electron chi connectivity index (χ0n) is 18.5. The zero-order valence-corrected chi connectivity index (χ0v) is 18.5. The van der Waals surface area contributed by atoms with Gasteiger partial charge in [-0.15, -0.1) is 0 Å². The smallest absolute Gasteiger partial charge is 0.181 e. The van der Waals surface area contributed by atoms with Crippen molar-refractivity contribution < 1.29 is 9.84 Å². The average molecular weight is 435 g/mol. The standard InChI is InChI=1S/C24H30N6O2/c1-24(9-3-10-30(24)23-21-22(26-14-25-21)27-15-28-23)32-20-5-2-4-16-6-7-17(12-19(16)20)29-11-8-18(31)13-29/h2,4-5,14-15,17-18,31H,3,6-13H2,1H3,(H,25,26,27,28). The molecule has 0 saturated carbocycles. The Morgan fingerprint density at radius 3 is 3.00 bits per heavy atom. The third-order valence-electron chi connectivity index (χ3n) is 7.50. The van der Waals surface area contributed by atoms with Crippen LogP contribution in [0.1, 0.15) is 43.7 Å². The van der Waals surface area contributed by atoms with Crippen LogP contribution in [0.2, 0.25) is 0 Å². The van der Waals surface area contributed by atoms with Crippen LogP contribution in [0.4, 0.5) is 5.82 Å². The van der Waals surface area contributed by atoms with E-state index >= 15 is 0 Å². The number of fused-ring (bicyclic) bond motifs is 2. The predicted molar refractivity (Wildman–Crippen MR) is 122 cm³/mol. The van der Waals surface area contributed by atoms with Gasteiger partial charge in [-0.3, -0.25) is 4.90 Å². The number of aliphatic hydroxyl groups is 1. The number of ether oxygens (including phenoxy) is 1. The fourth-order valence-corrected chi connectivity index (χ4v) is 5.80. The van der Waals surface area contributed by atoms with Crippen LogP contribution in [0.3, 0.4) is 0 Å². The second kappa shape index (κ2) is 7.71. The van der Waals surface area contributed by atoms with Crippen LogP contribution in [0.25, 0.3) is 11.2 Å². The van der Waals surface area contributed by atoms with Gasteiger partial charge in [0.05, 0.1) is 12.4 Å². The van der Waals surface area contributed by atoms with Crippen LogP contribution < -0.4 is 9.64 Å². The van der Waals surface area contributed by atoms with Crippen molar-refractivity contribution in [3.05, 3.63) is 42.0 Å². The minimum Gasteiger partial charge on any atom is -0.468 e. The van der Waals surface area contributed by atoms with E-state index in [1.165, 1.54) is 11.1 Å². The van der Waals surface area contributed by atoms with Crippen molar-refractivity contribution >= 4 is 17.0 Å². The molecule has 6 rings (SSSR count). The van der Waals surface area contributed by atoms with E-state index in [1.807, 2.05) is 0 Å². The van der Waals surface area contributed by atoms with Crippen molar-refractivity contribution in [2.45, 2.75) is 63.3 Å². The van der Waals surface area contributed by atoms with Gasteiger partial charge in [0, 0.05) is 32.1 Å². The van der Waals surface area contributed by atoms with Crippen molar-refractivity contribution in [2.24, 2.45) is 0 Å². The number of likely N-dealkylation sites (tertiary alicyclic amines) is 1. The second-order valence-corrected chi connectivity index (χ2v) is 9.56. The molecule has 0 amide bonds. The fourth-order valence-electron chi connectivity index (χ4n) is 5.80. The molecule has 3 aromatic rings. The first kappa shape index (κ1) is 19.9. The number of hydrogen-bond donors (Lipinski definition) is 2. The van der Waals surface area contributed by atoms with Gasteiger partial charge in [-0.1, -0.05) is 12.1 Å². The molecule has 1 aromatic carbocycles. The lowest BCUT2D eigenvalue weighted by atomic mass is 9.87. The van der Waals surface area contributed by atoms with Gasteiger partial charge < -0.3 is 19.7 Å². The van der Waals surface area contributed by atoms with Gasteiger partial charge in [-0.2, -0.15) is 0 Å². The van der Waals surface area contributed by atoms with E-state index in [0.717, 1.165) is 80.9 Å². The number of H-pyrrole nitrogens is 1. The predicted octanol–water partition coefficient (Wildman–Crippen LogP) is 2.67. The van der Waals surface area contributed by atoms with Crippen molar-refractivity contribution in [1.29, 1.82) is 0 Å².